The third kappa shape index (κ3) is 4.00. The van der Waals surface area contributed by atoms with E-state index in [0.717, 1.165) is 12.0 Å². The summed E-state index contributed by atoms with van der Waals surface area (Å²) >= 11 is 0. The zero-order valence-corrected chi connectivity index (χ0v) is 15.5. The summed E-state index contributed by atoms with van der Waals surface area (Å²) in [6.07, 6.45) is 0.732. The van der Waals surface area contributed by atoms with Gasteiger partial charge in [0, 0.05) is 20.1 Å². The molecule has 3 amide bonds. The second-order valence-corrected chi connectivity index (χ2v) is 6.81. The van der Waals surface area contributed by atoms with Gasteiger partial charge in [-0.3, -0.25) is 14.4 Å². The number of para-hydroxylation sites is 2. The summed E-state index contributed by atoms with van der Waals surface area (Å²) in [6.45, 7) is 2.48. The zero-order chi connectivity index (χ0) is 19.4. The second kappa shape index (κ2) is 8.03. The largest absolute Gasteiger partial charge is 0.340 e. The highest BCUT2D eigenvalue weighted by Crippen LogP contribution is 2.33. The van der Waals surface area contributed by atoms with Crippen LogP contribution in [0.5, 0.6) is 0 Å². The zero-order valence-electron chi connectivity index (χ0n) is 15.5. The van der Waals surface area contributed by atoms with Crippen LogP contribution in [0.2, 0.25) is 0 Å². The second-order valence-electron chi connectivity index (χ2n) is 6.81. The first-order valence-electron chi connectivity index (χ1n) is 8.91. The van der Waals surface area contributed by atoms with E-state index in [9.17, 15) is 14.4 Å². The quantitative estimate of drug-likeness (QED) is 0.764. The number of fused-ring (bicyclic) bond motifs is 1. The van der Waals surface area contributed by atoms with Gasteiger partial charge >= 0.3 is 0 Å². The molecule has 2 aromatic carbocycles. The van der Waals surface area contributed by atoms with Crippen LogP contribution in [0.15, 0.2) is 54.6 Å². The number of carbonyl (C=O) groups excluding carboxylic acids is 3. The van der Waals surface area contributed by atoms with Crippen molar-refractivity contribution in [1.82, 2.24) is 4.90 Å². The first-order valence-corrected chi connectivity index (χ1v) is 8.91. The van der Waals surface area contributed by atoms with Gasteiger partial charge in [-0.05, 0) is 17.7 Å². The summed E-state index contributed by atoms with van der Waals surface area (Å²) < 4.78 is 0. The van der Waals surface area contributed by atoms with E-state index in [0.29, 0.717) is 24.5 Å². The number of anilines is 2. The number of rotatable bonds is 5. The van der Waals surface area contributed by atoms with Gasteiger partial charge in [0.2, 0.25) is 18.2 Å². The first-order chi connectivity index (χ1) is 13.0. The van der Waals surface area contributed by atoms with Gasteiger partial charge in [0.1, 0.15) is 6.54 Å². The summed E-state index contributed by atoms with van der Waals surface area (Å²) in [5.74, 6) is -0.711. The molecule has 1 aliphatic rings. The Labute approximate surface area is 159 Å². The van der Waals surface area contributed by atoms with E-state index in [1.54, 1.807) is 37.1 Å². The average Bonchev–Trinajstić information content (AvgIpc) is 2.79. The van der Waals surface area contributed by atoms with E-state index in [1.165, 1.54) is 9.80 Å². The van der Waals surface area contributed by atoms with Gasteiger partial charge in [0.15, 0.2) is 0 Å². The Morgan fingerprint density at radius 1 is 1.11 bits per heavy atom. The van der Waals surface area contributed by atoms with Gasteiger partial charge < -0.3 is 14.7 Å². The minimum Gasteiger partial charge on any atom is -0.340 e. The number of amides is 3. The van der Waals surface area contributed by atoms with Crippen LogP contribution in [0.4, 0.5) is 11.4 Å². The predicted octanol–water partition coefficient (Wildman–Crippen LogP) is 2.29. The third-order valence-electron chi connectivity index (χ3n) is 4.75. The smallest absolute Gasteiger partial charge is 0.242 e. The highest BCUT2D eigenvalue weighted by atomic mass is 16.2. The maximum absolute atomic E-state index is 12.9. The number of hydrogen-bond acceptors (Lipinski definition) is 3. The van der Waals surface area contributed by atoms with Crippen molar-refractivity contribution in [3.05, 3.63) is 60.2 Å². The van der Waals surface area contributed by atoms with Crippen LogP contribution in [0.25, 0.3) is 0 Å². The van der Waals surface area contributed by atoms with Crippen LogP contribution < -0.4 is 9.80 Å². The van der Waals surface area contributed by atoms with E-state index in [-0.39, 0.29) is 18.4 Å². The van der Waals surface area contributed by atoms with Gasteiger partial charge in [-0.1, -0.05) is 49.4 Å². The lowest BCUT2D eigenvalue weighted by Crippen LogP contribution is -2.43. The van der Waals surface area contributed by atoms with Gasteiger partial charge in [-0.25, -0.2) is 0 Å². The average molecular weight is 365 g/mol. The van der Waals surface area contributed by atoms with Crippen LogP contribution in [0, 0.1) is 5.92 Å². The van der Waals surface area contributed by atoms with E-state index >= 15 is 0 Å². The van der Waals surface area contributed by atoms with Gasteiger partial charge in [-0.15, -0.1) is 0 Å². The monoisotopic (exact) mass is 365 g/mol. The van der Waals surface area contributed by atoms with Crippen molar-refractivity contribution in [1.29, 1.82) is 0 Å². The van der Waals surface area contributed by atoms with Crippen LogP contribution in [-0.2, 0) is 20.9 Å². The first kappa shape index (κ1) is 18.6. The molecule has 0 spiro atoms. The summed E-state index contributed by atoms with van der Waals surface area (Å²) in [7, 11) is 1.73. The normalized spacial score (nSPS) is 16.5. The SMILES string of the molecule is CC1CN(C=O)c2ccccc2N(CC(=O)N(C)Cc2ccccc2)C1=O. The molecule has 1 heterocycles. The molecule has 1 aliphatic heterocycles. The summed E-state index contributed by atoms with van der Waals surface area (Å²) in [6, 6.07) is 16.9. The molecule has 0 N–H and O–H groups in total. The fourth-order valence-corrected chi connectivity index (χ4v) is 3.26. The summed E-state index contributed by atoms with van der Waals surface area (Å²) in [4.78, 5) is 41.8. The molecule has 0 fully saturated rings. The maximum Gasteiger partial charge on any atom is 0.242 e. The highest BCUT2D eigenvalue weighted by Gasteiger charge is 2.32. The molecule has 6 nitrogen and oxygen atoms in total. The maximum atomic E-state index is 12.9. The molecule has 0 aliphatic carbocycles. The molecular weight excluding hydrogens is 342 g/mol. The molecule has 3 rings (SSSR count). The molecule has 1 atom stereocenters. The predicted molar refractivity (Wildman–Crippen MR) is 104 cm³/mol. The number of benzene rings is 2. The molecular formula is C21H23N3O3. The lowest BCUT2D eigenvalue weighted by Gasteiger charge is -2.26. The topological polar surface area (TPSA) is 60.9 Å². The Kier molecular flexibility index (Phi) is 5.54. The van der Waals surface area contributed by atoms with Crippen LogP contribution in [0.3, 0.4) is 0 Å². The van der Waals surface area contributed by atoms with E-state index < -0.39 is 5.92 Å². The summed E-state index contributed by atoms with van der Waals surface area (Å²) in [5.41, 5.74) is 2.25. The molecule has 0 bridgehead atoms. The van der Waals surface area contributed by atoms with Crippen molar-refractivity contribution in [2.45, 2.75) is 13.5 Å². The molecule has 0 radical (unpaired) electrons. The molecule has 2 aromatic rings. The Morgan fingerprint density at radius 2 is 1.74 bits per heavy atom. The van der Waals surface area contributed by atoms with Crippen LogP contribution in [-0.4, -0.2) is 43.3 Å². The van der Waals surface area contributed by atoms with Gasteiger partial charge in [0.05, 0.1) is 17.3 Å². The number of nitrogens with zero attached hydrogens (tertiary/aromatic N) is 3. The number of likely N-dealkylation sites (N-methyl/N-ethyl adjacent to an activating group) is 1. The molecule has 6 heteroatoms. The lowest BCUT2D eigenvalue weighted by molar-refractivity contribution is -0.131. The summed E-state index contributed by atoms with van der Waals surface area (Å²) in [5, 5.41) is 0. The Balaban J connectivity index is 1.84. The number of hydrogen-bond donors (Lipinski definition) is 0. The molecule has 0 saturated heterocycles. The standard InChI is InChI=1S/C21H23N3O3/c1-16-12-23(15-25)18-10-6-7-11-19(18)24(21(16)27)14-20(26)22(2)13-17-8-4-3-5-9-17/h3-11,15-16H,12-14H2,1-2H3. The van der Waals surface area contributed by atoms with Crippen molar-refractivity contribution >= 4 is 29.6 Å². The molecule has 140 valence electrons. The van der Waals surface area contributed by atoms with Crippen molar-refractivity contribution in [3.8, 4) is 0 Å². The van der Waals surface area contributed by atoms with Crippen molar-refractivity contribution in [2.75, 3.05) is 29.9 Å². The molecule has 0 saturated carbocycles. The van der Waals surface area contributed by atoms with E-state index in [2.05, 4.69) is 0 Å². The minimum atomic E-state index is -0.394. The molecule has 27 heavy (non-hydrogen) atoms. The Hall–Kier alpha value is -3.15. The fourth-order valence-electron chi connectivity index (χ4n) is 3.26. The highest BCUT2D eigenvalue weighted by molar-refractivity contribution is 6.05. The Morgan fingerprint density at radius 3 is 2.41 bits per heavy atom. The van der Waals surface area contributed by atoms with Crippen molar-refractivity contribution in [2.24, 2.45) is 5.92 Å². The Bertz CT molecular complexity index is 838. The van der Waals surface area contributed by atoms with E-state index in [1.807, 2.05) is 36.4 Å². The van der Waals surface area contributed by atoms with Crippen LogP contribution in [0.1, 0.15) is 12.5 Å². The molecule has 0 aromatic heterocycles. The third-order valence-corrected chi connectivity index (χ3v) is 4.75. The lowest BCUT2D eigenvalue weighted by atomic mass is 10.1. The van der Waals surface area contributed by atoms with Crippen molar-refractivity contribution < 1.29 is 14.4 Å². The van der Waals surface area contributed by atoms with Gasteiger partial charge in [0.25, 0.3) is 0 Å². The number of carbonyl (C=O) groups is 3. The van der Waals surface area contributed by atoms with E-state index in [4.69, 9.17) is 0 Å². The fraction of sp³-hybridized carbons (Fsp3) is 0.286. The van der Waals surface area contributed by atoms with Crippen LogP contribution >= 0.6 is 0 Å². The van der Waals surface area contributed by atoms with Crippen molar-refractivity contribution in [3.63, 3.8) is 0 Å². The van der Waals surface area contributed by atoms with Gasteiger partial charge in [-0.2, -0.15) is 0 Å². The molecule has 1 unspecified atom stereocenters. The minimum absolute atomic E-state index is 0.0593.